The van der Waals surface area contributed by atoms with E-state index >= 15 is 0 Å². The van der Waals surface area contributed by atoms with E-state index in [4.69, 9.17) is 9.47 Å². The number of ether oxygens (including phenoxy) is 2. The molecule has 20 heavy (non-hydrogen) atoms. The third-order valence-corrected chi connectivity index (χ3v) is 3.73. The van der Waals surface area contributed by atoms with E-state index in [9.17, 15) is 0 Å². The Labute approximate surface area is 122 Å². The topological polar surface area (TPSA) is 30.5 Å². The van der Waals surface area contributed by atoms with Crippen molar-refractivity contribution < 1.29 is 9.47 Å². The summed E-state index contributed by atoms with van der Waals surface area (Å²) in [7, 11) is 1.71. The first-order valence-electron chi connectivity index (χ1n) is 7.76. The molecule has 1 aliphatic rings. The Hall–Kier alpha value is -1.22. The van der Waals surface area contributed by atoms with Crippen molar-refractivity contribution >= 4 is 0 Å². The average molecular weight is 277 g/mol. The van der Waals surface area contributed by atoms with Crippen LogP contribution >= 0.6 is 0 Å². The maximum Gasteiger partial charge on any atom is 0.124 e. The fourth-order valence-corrected chi connectivity index (χ4v) is 2.31. The van der Waals surface area contributed by atoms with Gasteiger partial charge in [0, 0.05) is 18.2 Å². The molecule has 1 aromatic rings. The first-order chi connectivity index (χ1) is 9.72. The van der Waals surface area contributed by atoms with E-state index in [-0.39, 0.29) is 0 Å². The second kappa shape index (κ2) is 7.53. The van der Waals surface area contributed by atoms with Gasteiger partial charge in [0.15, 0.2) is 0 Å². The highest BCUT2D eigenvalue weighted by Gasteiger charge is 2.20. The Balaban J connectivity index is 1.96. The first kappa shape index (κ1) is 15.2. The number of hydrogen-bond donors (Lipinski definition) is 1. The van der Waals surface area contributed by atoms with Crippen molar-refractivity contribution in [1.82, 2.24) is 5.32 Å². The molecule has 1 saturated carbocycles. The van der Waals surface area contributed by atoms with Crippen LogP contribution in [0.2, 0.25) is 0 Å². The molecular formula is C17H27NO2. The smallest absolute Gasteiger partial charge is 0.124 e. The van der Waals surface area contributed by atoms with Crippen LogP contribution in [-0.2, 0) is 6.54 Å². The molecule has 0 aliphatic heterocycles. The molecule has 3 heteroatoms. The van der Waals surface area contributed by atoms with Crippen LogP contribution in [0.1, 0.15) is 45.1 Å². The molecule has 1 atom stereocenters. The van der Waals surface area contributed by atoms with Gasteiger partial charge in [0.25, 0.3) is 0 Å². The molecule has 1 aliphatic carbocycles. The van der Waals surface area contributed by atoms with Crippen molar-refractivity contribution in [2.75, 3.05) is 13.7 Å². The van der Waals surface area contributed by atoms with E-state index < -0.39 is 0 Å². The molecule has 0 aromatic heterocycles. The second-order valence-corrected chi connectivity index (χ2v) is 5.83. The predicted molar refractivity (Wildman–Crippen MR) is 82.4 cm³/mol. The van der Waals surface area contributed by atoms with Gasteiger partial charge < -0.3 is 14.8 Å². The number of nitrogens with one attached hydrogen (secondary N) is 1. The Morgan fingerprint density at radius 1 is 1.35 bits per heavy atom. The predicted octanol–water partition coefficient (Wildman–Crippen LogP) is 3.76. The Morgan fingerprint density at radius 2 is 2.15 bits per heavy atom. The lowest BCUT2D eigenvalue weighted by Crippen LogP contribution is -2.17. The highest BCUT2D eigenvalue weighted by atomic mass is 16.5. The van der Waals surface area contributed by atoms with Gasteiger partial charge in [-0.15, -0.1) is 0 Å². The van der Waals surface area contributed by atoms with Crippen LogP contribution in [0.3, 0.4) is 0 Å². The molecule has 1 N–H and O–H groups in total. The number of methoxy groups -OCH3 is 1. The van der Waals surface area contributed by atoms with Crippen molar-refractivity contribution in [3.63, 3.8) is 0 Å². The average Bonchev–Trinajstić information content (AvgIpc) is 3.27. The zero-order valence-corrected chi connectivity index (χ0v) is 12.9. The molecule has 1 unspecified atom stereocenters. The van der Waals surface area contributed by atoms with Gasteiger partial charge in [-0.05, 0) is 43.4 Å². The molecular weight excluding hydrogens is 250 g/mol. The summed E-state index contributed by atoms with van der Waals surface area (Å²) in [4.78, 5) is 0. The lowest BCUT2D eigenvalue weighted by molar-refractivity contribution is 0.248. The Morgan fingerprint density at radius 3 is 2.80 bits per heavy atom. The van der Waals surface area contributed by atoms with Crippen LogP contribution in [-0.4, -0.2) is 19.8 Å². The van der Waals surface area contributed by atoms with E-state index in [2.05, 4.69) is 25.2 Å². The highest BCUT2D eigenvalue weighted by molar-refractivity contribution is 5.40. The van der Waals surface area contributed by atoms with Crippen molar-refractivity contribution in [1.29, 1.82) is 0 Å². The minimum atomic E-state index is 0.603. The van der Waals surface area contributed by atoms with E-state index in [0.29, 0.717) is 12.0 Å². The summed E-state index contributed by atoms with van der Waals surface area (Å²) >= 11 is 0. The first-order valence-corrected chi connectivity index (χ1v) is 7.76. The van der Waals surface area contributed by atoms with Gasteiger partial charge in [0.2, 0.25) is 0 Å². The molecule has 0 amide bonds. The maximum atomic E-state index is 6.01. The lowest BCUT2D eigenvalue weighted by atomic mass is 10.1. The van der Waals surface area contributed by atoms with E-state index in [0.717, 1.165) is 24.7 Å². The monoisotopic (exact) mass is 277 g/mol. The van der Waals surface area contributed by atoms with Gasteiger partial charge in [-0.3, -0.25) is 0 Å². The Kier molecular flexibility index (Phi) is 5.72. The molecule has 3 nitrogen and oxygen atoms in total. The minimum absolute atomic E-state index is 0.603. The van der Waals surface area contributed by atoms with E-state index in [1.165, 1.54) is 31.2 Å². The quantitative estimate of drug-likeness (QED) is 0.745. The third-order valence-electron chi connectivity index (χ3n) is 3.73. The molecule has 1 fully saturated rings. The van der Waals surface area contributed by atoms with Crippen LogP contribution in [0, 0.1) is 5.92 Å². The molecule has 112 valence electrons. The maximum absolute atomic E-state index is 6.01. The summed E-state index contributed by atoms with van der Waals surface area (Å²) in [5.41, 5.74) is 1.19. The number of benzene rings is 1. The summed E-state index contributed by atoms with van der Waals surface area (Å²) in [6.45, 7) is 6.11. The summed E-state index contributed by atoms with van der Waals surface area (Å²) in [5, 5.41) is 3.54. The van der Waals surface area contributed by atoms with Crippen LogP contribution in [0.25, 0.3) is 0 Å². The molecule has 2 rings (SSSR count). The molecule has 0 radical (unpaired) electrons. The zero-order valence-electron chi connectivity index (χ0n) is 12.9. The Bertz CT molecular complexity index is 415. The van der Waals surface area contributed by atoms with Crippen molar-refractivity contribution in [3.8, 4) is 11.5 Å². The number of rotatable bonds is 9. The fourth-order valence-electron chi connectivity index (χ4n) is 2.31. The van der Waals surface area contributed by atoms with Crippen molar-refractivity contribution in [2.24, 2.45) is 5.92 Å². The summed E-state index contributed by atoms with van der Waals surface area (Å²) < 4.78 is 11.3. The standard InChI is InChI=1S/C17H27NO2/c1-4-5-13(2)12-20-17-9-8-16(19-3)10-14(17)11-18-15-6-7-15/h8-10,13,15,18H,4-7,11-12H2,1-3H3. The minimum Gasteiger partial charge on any atom is -0.497 e. The SMILES string of the molecule is CCCC(C)COc1ccc(OC)cc1CNC1CC1. The van der Waals surface area contributed by atoms with Crippen molar-refractivity contribution in [3.05, 3.63) is 23.8 Å². The van der Waals surface area contributed by atoms with Gasteiger partial charge in [0.1, 0.15) is 11.5 Å². The molecule has 0 heterocycles. The van der Waals surface area contributed by atoms with Gasteiger partial charge in [-0.1, -0.05) is 20.3 Å². The summed E-state index contributed by atoms with van der Waals surface area (Å²) in [6.07, 6.45) is 5.02. The molecule has 0 saturated heterocycles. The molecule has 1 aromatic carbocycles. The van der Waals surface area contributed by atoms with E-state index in [1.54, 1.807) is 7.11 Å². The van der Waals surface area contributed by atoms with Crippen LogP contribution in [0.4, 0.5) is 0 Å². The highest BCUT2D eigenvalue weighted by Crippen LogP contribution is 2.27. The zero-order chi connectivity index (χ0) is 14.4. The third kappa shape index (κ3) is 4.71. The van der Waals surface area contributed by atoms with Gasteiger partial charge in [-0.2, -0.15) is 0 Å². The van der Waals surface area contributed by atoms with Gasteiger partial charge in [0.05, 0.1) is 13.7 Å². The van der Waals surface area contributed by atoms with Gasteiger partial charge in [-0.25, -0.2) is 0 Å². The summed E-state index contributed by atoms with van der Waals surface area (Å²) in [5.74, 6) is 2.49. The van der Waals surface area contributed by atoms with Crippen LogP contribution in [0.5, 0.6) is 11.5 Å². The van der Waals surface area contributed by atoms with Gasteiger partial charge >= 0.3 is 0 Å². The van der Waals surface area contributed by atoms with E-state index in [1.807, 2.05) is 12.1 Å². The van der Waals surface area contributed by atoms with Crippen LogP contribution in [0.15, 0.2) is 18.2 Å². The fraction of sp³-hybridized carbons (Fsp3) is 0.647. The normalized spacial score (nSPS) is 15.9. The number of hydrogen-bond acceptors (Lipinski definition) is 3. The van der Waals surface area contributed by atoms with Crippen molar-refractivity contribution in [2.45, 2.75) is 52.1 Å². The summed E-state index contributed by atoms with van der Waals surface area (Å²) in [6, 6.07) is 6.78. The largest absolute Gasteiger partial charge is 0.497 e. The lowest BCUT2D eigenvalue weighted by Gasteiger charge is -2.16. The molecule has 0 bridgehead atoms. The van der Waals surface area contributed by atoms with Crippen LogP contribution < -0.4 is 14.8 Å². The molecule has 0 spiro atoms. The second-order valence-electron chi connectivity index (χ2n) is 5.83.